The van der Waals surface area contributed by atoms with Crippen LogP contribution in [-0.2, 0) is 17.9 Å². The Labute approximate surface area is 180 Å². The lowest BCUT2D eigenvalue weighted by atomic mass is 10.1. The maximum Gasteiger partial charge on any atom is 0.238 e. The van der Waals surface area contributed by atoms with Gasteiger partial charge in [-0.25, -0.2) is 8.78 Å². The first kappa shape index (κ1) is 21.2. The summed E-state index contributed by atoms with van der Waals surface area (Å²) in [5, 5.41) is 6.22. The number of carbonyl (C=O) groups excluding carboxylic acids is 1. The average Bonchev–Trinajstić information content (AvgIpc) is 3.30. The van der Waals surface area contributed by atoms with Crippen molar-refractivity contribution in [2.45, 2.75) is 32.1 Å². The van der Waals surface area contributed by atoms with Gasteiger partial charge in [-0.15, -0.1) is 0 Å². The van der Waals surface area contributed by atoms with Crippen molar-refractivity contribution in [3.63, 3.8) is 0 Å². The van der Waals surface area contributed by atoms with E-state index in [0.29, 0.717) is 19.6 Å². The molecule has 1 aromatic heterocycles. The van der Waals surface area contributed by atoms with Crippen LogP contribution in [0.15, 0.2) is 65.3 Å². The smallest absolute Gasteiger partial charge is 0.238 e. The average molecular weight is 425 g/mol. The van der Waals surface area contributed by atoms with Crippen molar-refractivity contribution >= 4 is 5.91 Å². The topological polar surface area (TPSA) is 57.5 Å². The maximum absolute atomic E-state index is 14.0. The lowest BCUT2D eigenvalue weighted by Gasteiger charge is -2.37. The first-order valence-corrected chi connectivity index (χ1v) is 10.3. The predicted molar refractivity (Wildman–Crippen MR) is 114 cm³/mol. The monoisotopic (exact) mass is 425 g/mol. The summed E-state index contributed by atoms with van der Waals surface area (Å²) in [6.45, 7) is 3.46. The highest BCUT2D eigenvalue weighted by molar-refractivity contribution is 5.82. The van der Waals surface area contributed by atoms with Crippen LogP contribution in [0.1, 0.15) is 18.1 Å². The molecule has 1 saturated heterocycles. The van der Waals surface area contributed by atoms with Gasteiger partial charge in [-0.2, -0.15) is 0 Å². The second kappa shape index (κ2) is 9.41. The maximum atomic E-state index is 14.0. The number of benzene rings is 2. The normalized spacial score (nSPS) is 19.3. The number of furan rings is 1. The zero-order valence-electron chi connectivity index (χ0n) is 17.3. The van der Waals surface area contributed by atoms with E-state index >= 15 is 0 Å². The molecule has 2 atom stereocenters. The lowest BCUT2D eigenvalue weighted by molar-refractivity contribution is -0.124. The summed E-state index contributed by atoms with van der Waals surface area (Å²) in [7, 11) is 0. The van der Waals surface area contributed by atoms with Gasteiger partial charge < -0.3 is 15.1 Å². The molecule has 1 aliphatic heterocycles. The van der Waals surface area contributed by atoms with Crippen LogP contribution in [0.2, 0.25) is 0 Å². The summed E-state index contributed by atoms with van der Waals surface area (Å²) in [6.07, 6.45) is 1.63. The molecule has 2 aromatic carbocycles. The van der Waals surface area contributed by atoms with Crippen molar-refractivity contribution in [3.05, 3.63) is 83.6 Å². The highest BCUT2D eigenvalue weighted by Gasteiger charge is 2.29. The summed E-state index contributed by atoms with van der Waals surface area (Å²) >= 11 is 0. The molecule has 0 saturated carbocycles. The molecule has 0 spiro atoms. The third kappa shape index (κ3) is 5.18. The number of hydrogen-bond donors (Lipinski definition) is 2. The molecule has 1 aliphatic rings. The van der Waals surface area contributed by atoms with Crippen LogP contribution < -0.4 is 10.6 Å². The molecular formula is C24H25F2N3O2. The standard InChI is InChI=1S/C24H25F2N3O2/c1-16-13-29(14-19-20(25)4-2-5-21(19)26)15-22(28-16)24(30)27-12-17-7-9-18(10-8-17)23-6-3-11-31-23/h2-11,16,22,28H,12-15H2,1H3,(H,27,30). The van der Waals surface area contributed by atoms with Gasteiger partial charge in [0.25, 0.3) is 0 Å². The van der Waals surface area contributed by atoms with Gasteiger partial charge in [-0.05, 0) is 36.8 Å². The number of nitrogens with one attached hydrogen (secondary N) is 2. The van der Waals surface area contributed by atoms with Gasteiger partial charge in [0, 0.05) is 43.3 Å². The van der Waals surface area contributed by atoms with Crippen LogP contribution in [-0.4, -0.2) is 36.0 Å². The van der Waals surface area contributed by atoms with Gasteiger partial charge in [0.1, 0.15) is 17.4 Å². The van der Waals surface area contributed by atoms with E-state index in [0.717, 1.165) is 16.9 Å². The molecule has 2 heterocycles. The SMILES string of the molecule is CC1CN(Cc2c(F)cccc2F)CC(C(=O)NCc2ccc(-c3ccco3)cc2)N1. The Bertz CT molecular complexity index is 1000. The van der Waals surface area contributed by atoms with Crippen molar-refractivity contribution in [1.29, 1.82) is 0 Å². The Morgan fingerprint density at radius 3 is 2.52 bits per heavy atom. The van der Waals surface area contributed by atoms with Crippen molar-refractivity contribution in [1.82, 2.24) is 15.5 Å². The quantitative estimate of drug-likeness (QED) is 0.632. The van der Waals surface area contributed by atoms with Gasteiger partial charge in [-0.3, -0.25) is 9.69 Å². The van der Waals surface area contributed by atoms with Crippen molar-refractivity contribution in [2.24, 2.45) is 0 Å². The molecule has 31 heavy (non-hydrogen) atoms. The number of nitrogens with zero attached hydrogens (tertiary/aromatic N) is 1. The van der Waals surface area contributed by atoms with Crippen molar-refractivity contribution in [2.75, 3.05) is 13.1 Å². The summed E-state index contributed by atoms with van der Waals surface area (Å²) in [6, 6.07) is 15.0. The predicted octanol–water partition coefficient (Wildman–Crippen LogP) is 3.70. The van der Waals surface area contributed by atoms with Gasteiger partial charge in [-0.1, -0.05) is 30.3 Å². The third-order valence-corrected chi connectivity index (χ3v) is 5.44. The van der Waals surface area contributed by atoms with E-state index in [9.17, 15) is 13.6 Å². The van der Waals surface area contributed by atoms with Crippen LogP contribution in [0.5, 0.6) is 0 Å². The van der Waals surface area contributed by atoms with E-state index in [1.807, 2.05) is 48.2 Å². The molecule has 0 radical (unpaired) electrons. The van der Waals surface area contributed by atoms with Crippen molar-refractivity contribution < 1.29 is 18.0 Å². The summed E-state index contributed by atoms with van der Waals surface area (Å²) in [4.78, 5) is 14.6. The number of hydrogen-bond acceptors (Lipinski definition) is 4. The van der Waals surface area contributed by atoms with E-state index in [2.05, 4.69) is 10.6 Å². The van der Waals surface area contributed by atoms with E-state index in [1.54, 1.807) is 6.26 Å². The van der Waals surface area contributed by atoms with E-state index in [-0.39, 0.29) is 24.1 Å². The molecule has 2 unspecified atom stereocenters. The van der Waals surface area contributed by atoms with Crippen molar-refractivity contribution in [3.8, 4) is 11.3 Å². The number of piperazine rings is 1. The largest absolute Gasteiger partial charge is 0.464 e. The Morgan fingerprint density at radius 1 is 1.10 bits per heavy atom. The van der Waals surface area contributed by atoms with E-state index < -0.39 is 17.7 Å². The Kier molecular flexibility index (Phi) is 6.44. The zero-order valence-corrected chi connectivity index (χ0v) is 17.3. The molecule has 2 N–H and O–H groups in total. The Hall–Kier alpha value is -3.03. The molecule has 4 rings (SSSR count). The molecule has 162 valence electrons. The van der Waals surface area contributed by atoms with Crippen LogP contribution in [0.25, 0.3) is 11.3 Å². The highest BCUT2D eigenvalue weighted by Crippen LogP contribution is 2.20. The molecule has 5 nitrogen and oxygen atoms in total. The molecule has 3 aromatic rings. The number of halogens is 2. The first-order chi connectivity index (χ1) is 15.0. The minimum absolute atomic E-state index is 0.0203. The molecule has 7 heteroatoms. The number of amides is 1. The fourth-order valence-electron chi connectivity index (χ4n) is 3.91. The fourth-order valence-corrected chi connectivity index (χ4v) is 3.91. The second-order valence-corrected chi connectivity index (χ2v) is 7.91. The van der Waals surface area contributed by atoms with Crippen LogP contribution in [0, 0.1) is 11.6 Å². The number of rotatable bonds is 6. The highest BCUT2D eigenvalue weighted by atomic mass is 19.1. The van der Waals surface area contributed by atoms with Crippen LogP contribution >= 0.6 is 0 Å². The third-order valence-electron chi connectivity index (χ3n) is 5.44. The molecule has 0 aliphatic carbocycles. The van der Waals surface area contributed by atoms with Crippen LogP contribution in [0.4, 0.5) is 8.78 Å². The number of carbonyl (C=O) groups is 1. The Morgan fingerprint density at radius 2 is 1.84 bits per heavy atom. The fraction of sp³-hybridized carbons (Fsp3) is 0.292. The molecule has 1 fully saturated rings. The summed E-state index contributed by atoms with van der Waals surface area (Å²) in [5.41, 5.74) is 1.98. The minimum atomic E-state index is -0.565. The van der Waals surface area contributed by atoms with Gasteiger partial charge in [0.2, 0.25) is 5.91 Å². The summed E-state index contributed by atoms with van der Waals surface area (Å²) in [5.74, 6) is -0.474. The van der Waals surface area contributed by atoms with Gasteiger partial charge >= 0.3 is 0 Å². The first-order valence-electron chi connectivity index (χ1n) is 10.3. The minimum Gasteiger partial charge on any atom is -0.464 e. The molecule has 0 bridgehead atoms. The molecular weight excluding hydrogens is 400 g/mol. The second-order valence-electron chi connectivity index (χ2n) is 7.91. The van der Waals surface area contributed by atoms with Crippen LogP contribution in [0.3, 0.4) is 0 Å². The summed E-state index contributed by atoms with van der Waals surface area (Å²) < 4.78 is 33.4. The van der Waals surface area contributed by atoms with E-state index in [1.165, 1.54) is 18.2 Å². The molecule has 1 amide bonds. The van der Waals surface area contributed by atoms with Gasteiger partial charge in [0.05, 0.1) is 12.3 Å². The van der Waals surface area contributed by atoms with E-state index in [4.69, 9.17) is 4.42 Å². The zero-order chi connectivity index (χ0) is 21.8. The lowest BCUT2D eigenvalue weighted by Crippen LogP contribution is -2.60. The Balaban J connectivity index is 1.34. The van der Waals surface area contributed by atoms with Gasteiger partial charge in [0.15, 0.2) is 0 Å².